The number of pyridine rings is 2. The Morgan fingerprint density at radius 2 is 1.96 bits per heavy atom. The van der Waals surface area contributed by atoms with Crippen molar-refractivity contribution in [2.75, 3.05) is 13.1 Å². The monoisotopic (exact) mass is 336 g/mol. The molecule has 1 aliphatic carbocycles. The van der Waals surface area contributed by atoms with Crippen LogP contribution in [0.15, 0.2) is 36.7 Å². The van der Waals surface area contributed by atoms with Crippen LogP contribution >= 0.6 is 0 Å². The molecule has 3 heterocycles. The molecule has 0 radical (unpaired) electrons. The van der Waals surface area contributed by atoms with Crippen molar-refractivity contribution in [3.63, 3.8) is 0 Å². The van der Waals surface area contributed by atoms with E-state index in [0.29, 0.717) is 6.04 Å². The summed E-state index contributed by atoms with van der Waals surface area (Å²) in [6, 6.07) is 9.32. The van der Waals surface area contributed by atoms with Crippen molar-refractivity contribution in [1.29, 1.82) is 0 Å². The SMILES string of the molecule is c1cncc(CN2CCC(NCc3ccc4c(n3)CCCC4)CC2)c1. The van der Waals surface area contributed by atoms with Crippen LogP contribution in [0.4, 0.5) is 0 Å². The summed E-state index contributed by atoms with van der Waals surface area (Å²) < 4.78 is 0. The fourth-order valence-corrected chi connectivity index (χ4v) is 4.02. The first-order valence-corrected chi connectivity index (χ1v) is 9.69. The van der Waals surface area contributed by atoms with Crippen LogP contribution in [0, 0.1) is 0 Å². The van der Waals surface area contributed by atoms with Crippen LogP contribution in [0.3, 0.4) is 0 Å². The molecule has 0 atom stereocenters. The maximum Gasteiger partial charge on any atom is 0.0545 e. The molecule has 1 fully saturated rings. The predicted molar refractivity (Wildman–Crippen MR) is 100 cm³/mol. The van der Waals surface area contributed by atoms with Crippen LogP contribution in [0.2, 0.25) is 0 Å². The number of nitrogens with zero attached hydrogens (tertiary/aromatic N) is 3. The lowest BCUT2D eigenvalue weighted by Gasteiger charge is -2.32. The molecule has 0 saturated carbocycles. The molecule has 132 valence electrons. The minimum Gasteiger partial charge on any atom is -0.308 e. The molecule has 2 aromatic heterocycles. The highest BCUT2D eigenvalue weighted by Gasteiger charge is 2.19. The van der Waals surface area contributed by atoms with Crippen molar-refractivity contribution in [2.24, 2.45) is 0 Å². The van der Waals surface area contributed by atoms with Crippen molar-refractivity contribution in [3.8, 4) is 0 Å². The lowest BCUT2D eigenvalue weighted by atomic mass is 9.96. The lowest BCUT2D eigenvalue weighted by Crippen LogP contribution is -2.42. The molecular weight excluding hydrogens is 308 g/mol. The first-order valence-electron chi connectivity index (χ1n) is 9.69. The van der Waals surface area contributed by atoms with Gasteiger partial charge in [-0.15, -0.1) is 0 Å². The number of aryl methyl sites for hydroxylation is 2. The van der Waals surface area contributed by atoms with Crippen LogP contribution in [-0.4, -0.2) is 34.0 Å². The number of likely N-dealkylation sites (tertiary alicyclic amines) is 1. The van der Waals surface area contributed by atoms with Gasteiger partial charge in [0.2, 0.25) is 0 Å². The Morgan fingerprint density at radius 3 is 2.80 bits per heavy atom. The third-order valence-corrected chi connectivity index (χ3v) is 5.52. The molecule has 4 heteroatoms. The second-order valence-corrected chi connectivity index (χ2v) is 7.41. The average molecular weight is 336 g/mol. The standard InChI is InChI=1S/C21H28N4/c1-2-6-21-18(5-1)7-8-20(24-21)15-23-19-9-12-25(13-10-19)16-17-4-3-11-22-14-17/h3-4,7-8,11,14,19,23H,1-2,5-6,9-10,12-13,15-16H2. The van der Waals surface area contributed by atoms with Crippen molar-refractivity contribution in [1.82, 2.24) is 20.2 Å². The van der Waals surface area contributed by atoms with Crippen molar-refractivity contribution >= 4 is 0 Å². The van der Waals surface area contributed by atoms with Gasteiger partial charge in [-0.3, -0.25) is 14.9 Å². The third-order valence-electron chi connectivity index (χ3n) is 5.52. The van der Waals surface area contributed by atoms with E-state index in [4.69, 9.17) is 4.98 Å². The van der Waals surface area contributed by atoms with Crippen LogP contribution in [0.25, 0.3) is 0 Å². The molecule has 0 amide bonds. The Hall–Kier alpha value is -1.78. The Morgan fingerprint density at radius 1 is 1.08 bits per heavy atom. The van der Waals surface area contributed by atoms with Gasteiger partial charge in [0, 0.05) is 37.2 Å². The summed E-state index contributed by atoms with van der Waals surface area (Å²) in [6.07, 6.45) is 11.2. The van der Waals surface area contributed by atoms with E-state index in [9.17, 15) is 0 Å². The molecule has 25 heavy (non-hydrogen) atoms. The van der Waals surface area contributed by atoms with Gasteiger partial charge < -0.3 is 5.32 Å². The molecule has 1 saturated heterocycles. The zero-order valence-electron chi connectivity index (χ0n) is 15.0. The summed E-state index contributed by atoms with van der Waals surface area (Å²) >= 11 is 0. The Kier molecular flexibility index (Phi) is 5.38. The van der Waals surface area contributed by atoms with E-state index >= 15 is 0 Å². The lowest BCUT2D eigenvalue weighted by molar-refractivity contribution is 0.189. The molecule has 4 rings (SSSR count). The van der Waals surface area contributed by atoms with E-state index in [2.05, 4.69) is 33.4 Å². The molecule has 0 spiro atoms. The molecule has 1 N–H and O–H groups in total. The number of nitrogens with one attached hydrogen (secondary N) is 1. The van der Waals surface area contributed by atoms with Crippen LogP contribution in [-0.2, 0) is 25.9 Å². The first kappa shape index (κ1) is 16.7. The second kappa shape index (κ2) is 8.07. The van der Waals surface area contributed by atoms with E-state index in [1.54, 1.807) is 0 Å². The molecular formula is C21H28N4. The summed E-state index contributed by atoms with van der Waals surface area (Å²) in [4.78, 5) is 11.6. The van der Waals surface area contributed by atoms with E-state index in [-0.39, 0.29) is 0 Å². The van der Waals surface area contributed by atoms with Crippen molar-refractivity contribution in [2.45, 2.75) is 57.7 Å². The van der Waals surface area contributed by atoms with E-state index < -0.39 is 0 Å². The third kappa shape index (κ3) is 4.44. The minimum absolute atomic E-state index is 0.614. The number of fused-ring (bicyclic) bond motifs is 1. The van der Waals surface area contributed by atoms with E-state index in [1.807, 2.05) is 18.5 Å². The number of aromatic nitrogens is 2. The molecule has 4 nitrogen and oxygen atoms in total. The summed E-state index contributed by atoms with van der Waals surface area (Å²) in [5.74, 6) is 0. The Labute approximate surface area is 150 Å². The Bertz CT molecular complexity index is 678. The highest BCUT2D eigenvalue weighted by molar-refractivity contribution is 5.25. The number of rotatable bonds is 5. The normalized spacial score (nSPS) is 18.9. The van der Waals surface area contributed by atoms with Crippen LogP contribution in [0.5, 0.6) is 0 Å². The topological polar surface area (TPSA) is 41.1 Å². The fraction of sp³-hybridized carbons (Fsp3) is 0.524. The van der Waals surface area contributed by atoms with Gasteiger partial charge in [-0.05, 0) is 74.9 Å². The molecule has 2 aromatic rings. The number of hydrogen-bond acceptors (Lipinski definition) is 4. The number of piperidine rings is 1. The summed E-state index contributed by atoms with van der Waals surface area (Å²) in [5, 5.41) is 3.73. The van der Waals surface area contributed by atoms with Gasteiger partial charge in [0.25, 0.3) is 0 Å². The average Bonchev–Trinajstić information content (AvgIpc) is 2.68. The molecule has 0 aromatic carbocycles. The summed E-state index contributed by atoms with van der Waals surface area (Å²) in [5.41, 5.74) is 5.33. The quantitative estimate of drug-likeness (QED) is 0.911. The largest absolute Gasteiger partial charge is 0.308 e. The molecule has 1 aliphatic heterocycles. The van der Waals surface area contributed by atoms with Gasteiger partial charge in [-0.1, -0.05) is 12.1 Å². The van der Waals surface area contributed by atoms with Gasteiger partial charge in [0.1, 0.15) is 0 Å². The van der Waals surface area contributed by atoms with Crippen molar-refractivity contribution in [3.05, 3.63) is 59.2 Å². The van der Waals surface area contributed by atoms with Gasteiger partial charge in [0.15, 0.2) is 0 Å². The second-order valence-electron chi connectivity index (χ2n) is 7.41. The maximum absolute atomic E-state index is 4.89. The highest BCUT2D eigenvalue weighted by Crippen LogP contribution is 2.20. The van der Waals surface area contributed by atoms with E-state index in [0.717, 1.165) is 32.6 Å². The van der Waals surface area contributed by atoms with Crippen molar-refractivity contribution < 1.29 is 0 Å². The zero-order chi connectivity index (χ0) is 16.9. The fourth-order valence-electron chi connectivity index (χ4n) is 4.02. The van der Waals surface area contributed by atoms with Gasteiger partial charge >= 0.3 is 0 Å². The number of hydrogen-bond donors (Lipinski definition) is 1. The van der Waals surface area contributed by atoms with Gasteiger partial charge in [-0.2, -0.15) is 0 Å². The zero-order valence-corrected chi connectivity index (χ0v) is 15.0. The smallest absolute Gasteiger partial charge is 0.0545 e. The molecule has 0 unspecified atom stereocenters. The molecule has 2 aliphatic rings. The minimum atomic E-state index is 0.614. The summed E-state index contributed by atoms with van der Waals surface area (Å²) in [6.45, 7) is 4.24. The maximum atomic E-state index is 4.89. The van der Waals surface area contributed by atoms with Gasteiger partial charge in [-0.25, -0.2) is 0 Å². The first-order chi connectivity index (χ1) is 12.4. The highest BCUT2D eigenvalue weighted by atomic mass is 15.1. The van der Waals surface area contributed by atoms with Crippen LogP contribution < -0.4 is 5.32 Å². The Balaban J connectivity index is 1.24. The van der Waals surface area contributed by atoms with E-state index in [1.165, 1.54) is 54.6 Å². The summed E-state index contributed by atoms with van der Waals surface area (Å²) in [7, 11) is 0. The van der Waals surface area contributed by atoms with Crippen LogP contribution in [0.1, 0.15) is 48.2 Å². The van der Waals surface area contributed by atoms with Gasteiger partial charge in [0.05, 0.1) is 5.69 Å². The predicted octanol–water partition coefficient (Wildman–Crippen LogP) is 3.11. The molecule has 0 bridgehead atoms.